The van der Waals surface area contributed by atoms with Crippen LogP contribution in [0.4, 0.5) is 11.5 Å². The van der Waals surface area contributed by atoms with Crippen molar-refractivity contribution in [2.24, 2.45) is 0 Å². The third kappa shape index (κ3) is 4.61. The largest absolute Gasteiger partial charge is 0.495 e. The lowest BCUT2D eigenvalue weighted by Gasteiger charge is -2.21. The Balaban J connectivity index is 2.25. The minimum Gasteiger partial charge on any atom is -0.495 e. The molecule has 0 fully saturated rings. The van der Waals surface area contributed by atoms with Gasteiger partial charge in [-0.15, -0.1) is 0 Å². The Morgan fingerprint density at radius 1 is 1.12 bits per heavy atom. The minimum atomic E-state index is -3.78. The molecule has 2 aromatic rings. The second-order valence-electron chi connectivity index (χ2n) is 6.57. The van der Waals surface area contributed by atoms with Crippen LogP contribution in [0.25, 0.3) is 0 Å². The second-order valence-corrected chi connectivity index (χ2v) is 8.22. The quantitative estimate of drug-likeness (QED) is 0.865. The summed E-state index contributed by atoms with van der Waals surface area (Å²) in [5.41, 5.74) is 1.55. The van der Waals surface area contributed by atoms with E-state index in [1.54, 1.807) is 36.5 Å². The number of hydrogen-bond acceptors (Lipinski definition) is 5. The molecule has 7 heteroatoms. The molecule has 2 N–H and O–H groups in total. The second kappa shape index (κ2) is 6.68. The molecule has 1 aromatic heterocycles. The van der Waals surface area contributed by atoms with Crippen LogP contribution < -0.4 is 14.8 Å². The summed E-state index contributed by atoms with van der Waals surface area (Å²) in [6.45, 7) is 7.93. The zero-order valence-corrected chi connectivity index (χ0v) is 15.4. The van der Waals surface area contributed by atoms with E-state index >= 15 is 0 Å². The van der Waals surface area contributed by atoms with E-state index in [0.717, 1.165) is 11.3 Å². The molecule has 0 amide bonds. The number of anilines is 2. The Kier molecular flexibility index (Phi) is 5.03. The van der Waals surface area contributed by atoms with Gasteiger partial charge in [0.25, 0.3) is 10.0 Å². The highest BCUT2D eigenvalue weighted by Gasteiger charge is 2.20. The molecule has 0 aliphatic heterocycles. The van der Waals surface area contributed by atoms with E-state index in [1.165, 1.54) is 7.11 Å². The van der Waals surface area contributed by atoms with Crippen LogP contribution >= 0.6 is 0 Å². The van der Waals surface area contributed by atoms with Gasteiger partial charge in [0.15, 0.2) is 0 Å². The Morgan fingerprint density at radius 2 is 1.83 bits per heavy atom. The van der Waals surface area contributed by atoms with Crippen LogP contribution in [-0.2, 0) is 10.0 Å². The summed E-state index contributed by atoms with van der Waals surface area (Å²) in [6, 6.07) is 8.39. The number of ether oxygens (including phenoxy) is 1. The predicted molar refractivity (Wildman–Crippen MR) is 96.2 cm³/mol. The Morgan fingerprint density at radius 3 is 2.38 bits per heavy atom. The van der Waals surface area contributed by atoms with Gasteiger partial charge in [-0.2, -0.15) is 0 Å². The van der Waals surface area contributed by atoms with E-state index in [4.69, 9.17) is 4.74 Å². The number of nitrogens with one attached hydrogen (secondary N) is 2. The van der Waals surface area contributed by atoms with Crippen molar-refractivity contribution in [3.63, 3.8) is 0 Å². The molecule has 2 rings (SSSR count). The van der Waals surface area contributed by atoms with Crippen LogP contribution in [0.1, 0.15) is 26.3 Å². The van der Waals surface area contributed by atoms with E-state index in [9.17, 15) is 8.42 Å². The fourth-order valence-electron chi connectivity index (χ4n) is 2.15. The van der Waals surface area contributed by atoms with E-state index < -0.39 is 10.0 Å². The third-order valence-electron chi connectivity index (χ3n) is 3.13. The number of pyridine rings is 1. The van der Waals surface area contributed by atoms with Crippen molar-refractivity contribution >= 4 is 21.5 Å². The van der Waals surface area contributed by atoms with Crippen molar-refractivity contribution in [3.8, 4) is 5.75 Å². The molecule has 0 atom stereocenters. The van der Waals surface area contributed by atoms with Gasteiger partial charge in [-0.05, 0) is 57.5 Å². The van der Waals surface area contributed by atoms with Gasteiger partial charge in [0, 0.05) is 5.54 Å². The number of benzene rings is 1. The summed E-state index contributed by atoms with van der Waals surface area (Å²) in [5.74, 6) is 0.539. The lowest BCUT2D eigenvalue weighted by atomic mass is 10.1. The molecular weight excluding hydrogens is 326 g/mol. The molecule has 0 bridgehead atoms. The monoisotopic (exact) mass is 349 g/mol. The summed E-state index contributed by atoms with van der Waals surface area (Å²) >= 11 is 0. The predicted octanol–water partition coefficient (Wildman–Crippen LogP) is 3.41. The molecule has 0 saturated carbocycles. The molecule has 1 heterocycles. The van der Waals surface area contributed by atoms with Crippen LogP contribution in [0.2, 0.25) is 0 Å². The summed E-state index contributed by atoms with van der Waals surface area (Å²) in [5, 5.41) is 3.27. The van der Waals surface area contributed by atoms with Crippen LogP contribution in [0.15, 0.2) is 41.4 Å². The van der Waals surface area contributed by atoms with Crippen molar-refractivity contribution in [2.45, 2.75) is 38.1 Å². The van der Waals surface area contributed by atoms with Crippen LogP contribution in [0.3, 0.4) is 0 Å². The van der Waals surface area contributed by atoms with Crippen LogP contribution in [0, 0.1) is 6.92 Å². The summed E-state index contributed by atoms with van der Waals surface area (Å²) in [4.78, 5) is 4.24. The van der Waals surface area contributed by atoms with E-state index in [1.807, 2.05) is 27.7 Å². The zero-order valence-electron chi connectivity index (χ0n) is 14.5. The van der Waals surface area contributed by atoms with Crippen molar-refractivity contribution in [1.29, 1.82) is 0 Å². The smallest absolute Gasteiger partial charge is 0.266 e. The van der Waals surface area contributed by atoms with Crippen molar-refractivity contribution in [3.05, 3.63) is 42.1 Å². The molecule has 0 spiro atoms. The maximum atomic E-state index is 12.6. The van der Waals surface area contributed by atoms with Crippen molar-refractivity contribution in [2.75, 3.05) is 17.1 Å². The lowest BCUT2D eigenvalue weighted by molar-refractivity contribution is 0.402. The Labute approximate surface area is 143 Å². The molecule has 0 saturated heterocycles. The van der Waals surface area contributed by atoms with Gasteiger partial charge in [-0.25, -0.2) is 13.4 Å². The van der Waals surface area contributed by atoms with Gasteiger partial charge < -0.3 is 10.1 Å². The van der Waals surface area contributed by atoms with Gasteiger partial charge in [-0.3, -0.25) is 4.72 Å². The van der Waals surface area contributed by atoms with Crippen molar-refractivity contribution < 1.29 is 13.2 Å². The van der Waals surface area contributed by atoms with Gasteiger partial charge in [0.1, 0.15) is 16.5 Å². The highest BCUT2D eigenvalue weighted by atomic mass is 32.2. The Bertz CT molecular complexity index is 810. The number of rotatable bonds is 5. The van der Waals surface area contributed by atoms with Gasteiger partial charge in [0.05, 0.1) is 19.0 Å². The lowest BCUT2D eigenvalue weighted by Crippen LogP contribution is -2.26. The average Bonchev–Trinajstić information content (AvgIpc) is 2.47. The molecular formula is C17H23N3O3S. The normalized spacial score (nSPS) is 11.9. The van der Waals surface area contributed by atoms with Crippen LogP contribution in [0.5, 0.6) is 5.75 Å². The summed E-state index contributed by atoms with van der Waals surface area (Å²) < 4.78 is 32.8. The van der Waals surface area contributed by atoms with Gasteiger partial charge >= 0.3 is 0 Å². The number of nitrogens with zero attached hydrogens (tertiary/aromatic N) is 1. The van der Waals surface area contributed by atoms with Gasteiger partial charge in [0.2, 0.25) is 0 Å². The zero-order chi connectivity index (χ0) is 18.0. The first-order chi connectivity index (χ1) is 11.1. The maximum absolute atomic E-state index is 12.6. The highest BCUT2D eigenvalue weighted by molar-refractivity contribution is 7.92. The first kappa shape index (κ1) is 18.1. The fourth-order valence-corrected chi connectivity index (χ4v) is 3.41. The molecule has 0 radical (unpaired) electrons. The number of methoxy groups -OCH3 is 1. The average molecular weight is 349 g/mol. The Hall–Kier alpha value is -2.28. The summed E-state index contributed by atoms with van der Waals surface area (Å²) in [7, 11) is -2.35. The first-order valence-electron chi connectivity index (χ1n) is 7.52. The topological polar surface area (TPSA) is 80.3 Å². The number of aryl methyl sites for hydroxylation is 1. The van der Waals surface area contributed by atoms with Crippen molar-refractivity contribution in [1.82, 2.24) is 4.98 Å². The highest BCUT2D eigenvalue weighted by Crippen LogP contribution is 2.26. The number of hydrogen-bond donors (Lipinski definition) is 2. The standard InChI is InChI=1S/C17H23N3O3S/c1-12-6-8-14(23-5)15(10-12)24(21,22)20-16-9-7-13(11-18-16)19-17(2,3)4/h6-11,19H,1-5H3,(H,18,20). The maximum Gasteiger partial charge on any atom is 0.266 e. The van der Waals surface area contributed by atoms with Crippen LogP contribution in [-0.4, -0.2) is 26.1 Å². The summed E-state index contributed by atoms with van der Waals surface area (Å²) in [6.07, 6.45) is 1.59. The minimum absolute atomic E-state index is 0.0868. The molecule has 24 heavy (non-hydrogen) atoms. The molecule has 0 aliphatic rings. The number of sulfonamides is 1. The molecule has 0 aliphatic carbocycles. The van der Waals surface area contributed by atoms with Gasteiger partial charge in [-0.1, -0.05) is 6.07 Å². The van der Waals surface area contributed by atoms with E-state index in [-0.39, 0.29) is 16.3 Å². The first-order valence-corrected chi connectivity index (χ1v) is 9.01. The third-order valence-corrected chi connectivity index (χ3v) is 4.51. The SMILES string of the molecule is COc1ccc(C)cc1S(=O)(=O)Nc1ccc(NC(C)(C)C)cn1. The number of aromatic nitrogens is 1. The molecule has 130 valence electrons. The molecule has 1 aromatic carbocycles. The fraction of sp³-hybridized carbons (Fsp3) is 0.353. The molecule has 0 unspecified atom stereocenters. The van der Waals surface area contributed by atoms with E-state index in [0.29, 0.717) is 5.75 Å². The molecule has 6 nitrogen and oxygen atoms in total. The van der Waals surface area contributed by atoms with E-state index in [2.05, 4.69) is 15.0 Å².